The number of carbonyl (C=O) groups is 1. The lowest BCUT2D eigenvalue weighted by Crippen LogP contribution is -2.29. The Balaban J connectivity index is 1.35. The maximum atomic E-state index is 13.5. The summed E-state index contributed by atoms with van der Waals surface area (Å²) in [5.41, 5.74) is 0.328. The Morgan fingerprint density at radius 1 is 1.26 bits per heavy atom. The quantitative estimate of drug-likeness (QED) is 0.265. The van der Waals surface area contributed by atoms with E-state index in [1.54, 1.807) is 29.6 Å². The van der Waals surface area contributed by atoms with Crippen molar-refractivity contribution in [2.24, 2.45) is 17.0 Å². The minimum absolute atomic E-state index is 0.0378. The van der Waals surface area contributed by atoms with Crippen LogP contribution in [0.3, 0.4) is 0 Å². The molecule has 13 heteroatoms. The van der Waals surface area contributed by atoms with E-state index in [-0.39, 0.29) is 29.9 Å². The van der Waals surface area contributed by atoms with Gasteiger partial charge in [-0.2, -0.15) is 8.42 Å². The second kappa shape index (κ2) is 10.6. The van der Waals surface area contributed by atoms with Crippen LogP contribution in [0.25, 0.3) is 0 Å². The second-order valence-corrected chi connectivity index (χ2v) is 12.4. The summed E-state index contributed by atoms with van der Waals surface area (Å²) in [5.74, 6) is -0.409. The Labute approximate surface area is 229 Å². The third-order valence-corrected chi connectivity index (χ3v) is 8.73. The van der Waals surface area contributed by atoms with E-state index < -0.39 is 27.9 Å². The molecule has 2 aromatic heterocycles. The highest BCUT2D eigenvalue weighted by Crippen LogP contribution is 2.51. The largest absolute Gasteiger partial charge is 0.393 e. The molecule has 0 bridgehead atoms. The van der Waals surface area contributed by atoms with E-state index in [0.29, 0.717) is 39.7 Å². The number of halogens is 1. The lowest BCUT2D eigenvalue weighted by atomic mass is 9.83. The lowest BCUT2D eigenvalue weighted by Gasteiger charge is -2.28. The van der Waals surface area contributed by atoms with Gasteiger partial charge >= 0.3 is 10.3 Å². The van der Waals surface area contributed by atoms with Gasteiger partial charge in [0.25, 0.3) is 0 Å². The standard InChI is InChI=1S/C25H27ClN4O6S2/c26-18-3-1-2-16(7-18)25(33,15-4-5-15)17-8-22(37-12-17)23(32)20-10-28-13-29-24(20)30-19-6-14(21(31)9-19)11-36-38(27,34)35/h1-3,7-8,10,12-15,19,21,31,33H,4-6,9,11H2,(H2,27,34,35)(H,28,29,30)/t14-,19-,21+,25?/m1/s1. The molecule has 2 saturated carbocycles. The highest BCUT2D eigenvalue weighted by molar-refractivity contribution is 7.84. The number of aliphatic hydroxyl groups is 2. The fraction of sp³-hybridized carbons (Fsp3) is 0.400. The number of carbonyl (C=O) groups excluding carboxylic acids is 1. The number of aromatic nitrogens is 2. The molecule has 5 N–H and O–H groups in total. The number of hydrogen-bond acceptors (Lipinski definition) is 10. The molecule has 5 rings (SSSR count). The summed E-state index contributed by atoms with van der Waals surface area (Å²) in [6.45, 7) is -0.234. The van der Waals surface area contributed by atoms with E-state index in [4.69, 9.17) is 16.7 Å². The van der Waals surface area contributed by atoms with Gasteiger partial charge in [-0.05, 0) is 66.3 Å². The number of rotatable bonds is 10. The van der Waals surface area contributed by atoms with Crippen LogP contribution in [-0.2, 0) is 20.1 Å². The number of benzene rings is 1. The summed E-state index contributed by atoms with van der Waals surface area (Å²) >= 11 is 7.44. The predicted octanol–water partition coefficient (Wildman–Crippen LogP) is 2.84. The molecule has 2 aliphatic carbocycles. The summed E-state index contributed by atoms with van der Waals surface area (Å²) < 4.78 is 26.9. The molecule has 0 amide bonds. The monoisotopic (exact) mass is 578 g/mol. The SMILES string of the molecule is NS(=O)(=O)OC[C@H]1C[C@@H](Nc2ncncc2C(=O)c2cc(C(O)(c3cccc(Cl)c3)C3CC3)cs2)C[C@@H]1O. The fourth-order valence-corrected chi connectivity index (χ4v) is 6.51. The zero-order chi connectivity index (χ0) is 27.1. The number of nitrogens with zero attached hydrogens (tertiary/aromatic N) is 2. The molecule has 4 atom stereocenters. The number of anilines is 1. The third kappa shape index (κ3) is 5.76. The molecule has 2 heterocycles. The van der Waals surface area contributed by atoms with Gasteiger partial charge in [-0.15, -0.1) is 11.3 Å². The van der Waals surface area contributed by atoms with Gasteiger partial charge in [0.1, 0.15) is 17.7 Å². The summed E-state index contributed by atoms with van der Waals surface area (Å²) in [7, 11) is -4.11. The number of ketones is 1. The molecule has 202 valence electrons. The fourth-order valence-electron chi connectivity index (χ4n) is 5.04. The number of nitrogens with one attached hydrogen (secondary N) is 1. The van der Waals surface area contributed by atoms with Crippen LogP contribution in [0.5, 0.6) is 0 Å². The predicted molar refractivity (Wildman–Crippen MR) is 142 cm³/mol. The second-order valence-electron chi connectivity index (χ2n) is 9.78. The molecule has 2 aliphatic rings. The van der Waals surface area contributed by atoms with Crippen LogP contribution in [0.15, 0.2) is 48.2 Å². The molecular weight excluding hydrogens is 552 g/mol. The Morgan fingerprint density at radius 2 is 2.05 bits per heavy atom. The summed E-state index contributed by atoms with van der Waals surface area (Å²) in [6, 6.07) is 8.58. The average Bonchev–Trinajstić information content (AvgIpc) is 3.51. The Hall–Kier alpha value is -2.45. The van der Waals surface area contributed by atoms with E-state index in [0.717, 1.165) is 12.8 Å². The van der Waals surface area contributed by atoms with Gasteiger partial charge in [-0.25, -0.2) is 15.1 Å². The van der Waals surface area contributed by atoms with Crippen LogP contribution in [0.1, 0.15) is 52.0 Å². The smallest absolute Gasteiger partial charge is 0.333 e. The Kier molecular flexibility index (Phi) is 7.57. The molecule has 2 fully saturated rings. The Bertz CT molecular complexity index is 1450. The van der Waals surface area contributed by atoms with Crippen LogP contribution >= 0.6 is 22.9 Å². The van der Waals surface area contributed by atoms with Gasteiger partial charge in [-0.1, -0.05) is 23.7 Å². The lowest BCUT2D eigenvalue weighted by molar-refractivity contribution is 0.0568. The maximum absolute atomic E-state index is 13.5. The minimum Gasteiger partial charge on any atom is -0.393 e. The first-order valence-corrected chi connectivity index (χ1v) is 14.8. The summed E-state index contributed by atoms with van der Waals surface area (Å²) in [5, 5.41) is 32.5. The van der Waals surface area contributed by atoms with Gasteiger partial charge in [0.15, 0.2) is 0 Å². The first-order valence-electron chi connectivity index (χ1n) is 12.1. The van der Waals surface area contributed by atoms with Crippen LogP contribution in [0.4, 0.5) is 5.82 Å². The van der Waals surface area contributed by atoms with Crippen molar-refractivity contribution in [1.82, 2.24) is 9.97 Å². The number of aliphatic hydroxyl groups excluding tert-OH is 1. The molecule has 0 spiro atoms. The molecule has 1 unspecified atom stereocenters. The third-order valence-electron chi connectivity index (χ3n) is 7.10. The number of hydrogen-bond donors (Lipinski definition) is 4. The minimum atomic E-state index is -4.11. The van der Waals surface area contributed by atoms with Crippen molar-refractivity contribution in [2.75, 3.05) is 11.9 Å². The molecule has 38 heavy (non-hydrogen) atoms. The van der Waals surface area contributed by atoms with Gasteiger partial charge in [0, 0.05) is 23.2 Å². The number of nitrogens with two attached hydrogens (primary N) is 1. The van der Waals surface area contributed by atoms with E-state index in [2.05, 4.69) is 19.5 Å². The van der Waals surface area contributed by atoms with Crippen molar-refractivity contribution in [2.45, 2.75) is 43.4 Å². The van der Waals surface area contributed by atoms with Crippen LogP contribution in [-0.4, -0.2) is 53.1 Å². The maximum Gasteiger partial charge on any atom is 0.333 e. The Morgan fingerprint density at radius 3 is 2.76 bits per heavy atom. The van der Waals surface area contributed by atoms with E-state index in [9.17, 15) is 23.4 Å². The molecule has 3 aromatic rings. The van der Waals surface area contributed by atoms with E-state index in [1.807, 2.05) is 6.07 Å². The molecule has 0 radical (unpaired) electrons. The topological polar surface area (TPSA) is 165 Å². The first-order chi connectivity index (χ1) is 18.0. The van der Waals surface area contributed by atoms with E-state index >= 15 is 0 Å². The molecule has 0 saturated heterocycles. The highest BCUT2D eigenvalue weighted by Gasteiger charge is 2.47. The zero-order valence-electron chi connectivity index (χ0n) is 20.2. The van der Waals surface area contributed by atoms with Gasteiger partial charge < -0.3 is 15.5 Å². The summed E-state index contributed by atoms with van der Waals surface area (Å²) in [4.78, 5) is 22.2. The molecule has 0 aliphatic heterocycles. The van der Waals surface area contributed by atoms with Gasteiger partial charge in [0.05, 0.1) is 23.2 Å². The average molecular weight is 579 g/mol. The van der Waals surface area contributed by atoms with Gasteiger partial charge in [-0.3, -0.25) is 8.98 Å². The zero-order valence-corrected chi connectivity index (χ0v) is 22.5. The van der Waals surface area contributed by atoms with Crippen molar-refractivity contribution in [3.8, 4) is 0 Å². The van der Waals surface area contributed by atoms with Crippen molar-refractivity contribution in [3.63, 3.8) is 0 Å². The first kappa shape index (κ1) is 27.1. The molecular formula is C25H27ClN4O6S2. The van der Waals surface area contributed by atoms with Crippen molar-refractivity contribution < 1.29 is 27.6 Å². The van der Waals surface area contributed by atoms with Crippen molar-refractivity contribution in [3.05, 3.63) is 74.8 Å². The van der Waals surface area contributed by atoms with E-state index in [1.165, 1.54) is 23.9 Å². The molecule has 1 aromatic carbocycles. The van der Waals surface area contributed by atoms with Crippen LogP contribution in [0, 0.1) is 11.8 Å². The van der Waals surface area contributed by atoms with Crippen molar-refractivity contribution >= 4 is 44.8 Å². The normalized spacial score (nSPS) is 23.2. The number of thiophene rings is 1. The molecule has 10 nitrogen and oxygen atoms in total. The van der Waals surface area contributed by atoms with Crippen molar-refractivity contribution in [1.29, 1.82) is 0 Å². The van der Waals surface area contributed by atoms with Crippen LogP contribution < -0.4 is 10.5 Å². The van der Waals surface area contributed by atoms with Crippen LogP contribution in [0.2, 0.25) is 5.02 Å². The summed E-state index contributed by atoms with van der Waals surface area (Å²) in [6.07, 6.45) is 4.39. The highest BCUT2D eigenvalue weighted by atomic mass is 35.5. The van der Waals surface area contributed by atoms with Gasteiger partial charge in [0.2, 0.25) is 5.78 Å².